The predicted octanol–water partition coefficient (Wildman–Crippen LogP) is 6.11. The Labute approximate surface area is 204 Å². The molecular formula is C29H26O6. The molecular weight excluding hydrogens is 444 g/mol. The summed E-state index contributed by atoms with van der Waals surface area (Å²) >= 11 is 0. The highest BCUT2D eigenvalue weighted by atomic mass is 16.5. The molecule has 0 atom stereocenters. The van der Waals surface area contributed by atoms with E-state index in [4.69, 9.17) is 18.9 Å². The number of aromatic hydroxyl groups is 1. The molecule has 6 nitrogen and oxygen atoms in total. The van der Waals surface area contributed by atoms with Crippen LogP contribution in [0.2, 0.25) is 0 Å². The van der Waals surface area contributed by atoms with Crippen LogP contribution in [0.1, 0.15) is 15.9 Å². The molecule has 1 N–H and O–H groups in total. The number of carbonyl (C=O) groups is 1. The van der Waals surface area contributed by atoms with Crippen molar-refractivity contribution in [3.05, 3.63) is 96.1 Å². The second-order valence-electron chi connectivity index (χ2n) is 7.75. The van der Waals surface area contributed by atoms with Gasteiger partial charge in [0, 0.05) is 11.1 Å². The molecule has 0 saturated heterocycles. The second-order valence-corrected chi connectivity index (χ2v) is 7.75. The summed E-state index contributed by atoms with van der Waals surface area (Å²) in [7, 11) is 4.37. The fourth-order valence-corrected chi connectivity index (χ4v) is 3.91. The number of hydrogen-bond acceptors (Lipinski definition) is 6. The molecule has 0 unspecified atom stereocenters. The van der Waals surface area contributed by atoms with E-state index in [1.807, 2.05) is 60.7 Å². The predicted molar refractivity (Wildman–Crippen MR) is 134 cm³/mol. The van der Waals surface area contributed by atoms with Crippen molar-refractivity contribution in [1.82, 2.24) is 0 Å². The first-order valence-corrected chi connectivity index (χ1v) is 11.0. The first kappa shape index (κ1) is 23.7. The van der Waals surface area contributed by atoms with Crippen LogP contribution in [0.15, 0.2) is 84.9 Å². The lowest BCUT2D eigenvalue weighted by molar-refractivity contribution is 0.0597. The van der Waals surface area contributed by atoms with Crippen molar-refractivity contribution in [1.29, 1.82) is 0 Å². The van der Waals surface area contributed by atoms with Crippen molar-refractivity contribution in [2.24, 2.45) is 0 Å². The fraction of sp³-hybridized carbons (Fsp3) is 0.138. The number of carbonyl (C=O) groups excluding carboxylic acids is 1. The van der Waals surface area contributed by atoms with E-state index in [2.05, 4.69) is 0 Å². The van der Waals surface area contributed by atoms with Crippen LogP contribution < -0.4 is 14.2 Å². The van der Waals surface area contributed by atoms with Gasteiger partial charge in [-0.1, -0.05) is 54.6 Å². The maximum atomic E-state index is 13.0. The topological polar surface area (TPSA) is 74.2 Å². The maximum absolute atomic E-state index is 13.0. The van der Waals surface area contributed by atoms with E-state index in [1.165, 1.54) is 14.2 Å². The molecule has 0 aliphatic carbocycles. The number of rotatable bonds is 8. The van der Waals surface area contributed by atoms with Crippen molar-refractivity contribution >= 4 is 5.97 Å². The van der Waals surface area contributed by atoms with Crippen LogP contribution >= 0.6 is 0 Å². The zero-order valence-corrected chi connectivity index (χ0v) is 19.8. The zero-order chi connectivity index (χ0) is 24.8. The Bertz CT molecular complexity index is 1300. The van der Waals surface area contributed by atoms with Gasteiger partial charge in [0.25, 0.3) is 0 Å². The standard InChI is InChI=1S/C29H26O6/c1-32-25-17-24(20-9-13-22(30)14-10-20)28(33-2)27(29(31)34-3)26(25)21-11-15-23(16-12-21)35-18-19-7-5-4-6-8-19/h4-17,30H,18H2,1-3H3. The van der Waals surface area contributed by atoms with Crippen LogP contribution in [0.25, 0.3) is 22.3 Å². The van der Waals surface area contributed by atoms with E-state index < -0.39 is 5.97 Å². The highest BCUT2D eigenvalue weighted by molar-refractivity contribution is 6.05. The van der Waals surface area contributed by atoms with E-state index in [1.54, 1.807) is 31.4 Å². The van der Waals surface area contributed by atoms with Gasteiger partial charge in [-0.2, -0.15) is 0 Å². The molecule has 6 heteroatoms. The van der Waals surface area contributed by atoms with Crippen LogP contribution in [0.4, 0.5) is 0 Å². The Hall–Kier alpha value is -4.45. The summed E-state index contributed by atoms with van der Waals surface area (Å²) in [6.45, 7) is 0.450. The molecule has 0 fully saturated rings. The third-order valence-electron chi connectivity index (χ3n) is 5.63. The molecule has 0 spiro atoms. The summed E-state index contributed by atoms with van der Waals surface area (Å²) in [6.07, 6.45) is 0. The quantitative estimate of drug-likeness (QED) is 0.313. The largest absolute Gasteiger partial charge is 0.508 e. The maximum Gasteiger partial charge on any atom is 0.342 e. The smallest absolute Gasteiger partial charge is 0.342 e. The minimum atomic E-state index is -0.555. The fourth-order valence-electron chi connectivity index (χ4n) is 3.91. The number of methoxy groups -OCH3 is 3. The Balaban J connectivity index is 1.78. The van der Waals surface area contributed by atoms with Crippen molar-refractivity contribution in [3.63, 3.8) is 0 Å². The molecule has 0 amide bonds. The van der Waals surface area contributed by atoms with Gasteiger partial charge in [-0.15, -0.1) is 0 Å². The van der Waals surface area contributed by atoms with E-state index in [-0.39, 0.29) is 11.3 Å². The van der Waals surface area contributed by atoms with E-state index in [9.17, 15) is 9.90 Å². The molecule has 0 bridgehead atoms. The third kappa shape index (κ3) is 5.06. The summed E-state index contributed by atoms with van der Waals surface area (Å²) < 4.78 is 22.4. The lowest BCUT2D eigenvalue weighted by Crippen LogP contribution is -2.09. The molecule has 0 heterocycles. The highest BCUT2D eigenvalue weighted by Crippen LogP contribution is 2.45. The van der Waals surface area contributed by atoms with Gasteiger partial charge < -0.3 is 24.1 Å². The van der Waals surface area contributed by atoms with Gasteiger partial charge >= 0.3 is 5.97 Å². The van der Waals surface area contributed by atoms with Gasteiger partial charge in [-0.25, -0.2) is 4.79 Å². The minimum absolute atomic E-state index is 0.138. The Morgan fingerprint density at radius 2 is 1.46 bits per heavy atom. The van der Waals surface area contributed by atoms with Gasteiger partial charge in [0.05, 0.1) is 21.3 Å². The van der Waals surface area contributed by atoms with Crippen molar-refractivity contribution in [2.75, 3.05) is 21.3 Å². The summed E-state index contributed by atoms with van der Waals surface area (Å²) in [4.78, 5) is 13.0. The van der Waals surface area contributed by atoms with Crippen molar-refractivity contribution in [3.8, 4) is 45.3 Å². The number of benzene rings is 4. The number of hydrogen-bond donors (Lipinski definition) is 1. The monoisotopic (exact) mass is 470 g/mol. The summed E-state index contributed by atoms with van der Waals surface area (Å²) in [5.74, 6) is 1.11. The van der Waals surface area contributed by atoms with Gasteiger partial charge in [0.1, 0.15) is 35.2 Å². The van der Waals surface area contributed by atoms with Crippen molar-refractivity contribution < 1.29 is 28.8 Å². The minimum Gasteiger partial charge on any atom is -0.508 e. The zero-order valence-electron chi connectivity index (χ0n) is 19.8. The van der Waals surface area contributed by atoms with Gasteiger partial charge in [-0.3, -0.25) is 0 Å². The number of phenols is 1. The highest BCUT2D eigenvalue weighted by Gasteiger charge is 2.27. The average molecular weight is 471 g/mol. The van der Waals surface area contributed by atoms with E-state index in [0.717, 1.165) is 16.7 Å². The normalized spacial score (nSPS) is 10.5. The summed E-state index contributed by atoms with van der Waals surface area (Å²) in [6, 6.07) is 25.8. The summed E-state index contributed by atoms with van der Waals surface area (Å²) in [5.41, 5.74) is 3.99. The Morgan fingerprint density at radius 3 is 2.06 bits per heavy atom. The van der Waals surface area contributed by atoms with Crippen LogP contribution in [0.5, 0.6) is 23.0 Å². The van der Waals surface area contributed by atoms with Gasteiger partial charge in [0.15, 0.2) is 0 Å². The van der Waals surface area contributed by atoms with Crippen LogP contribution in [0, 0.1) is 0 Å². The Kier molecular flexibility index (Phi) is 7.21. The SMILES string of the molecule is COC(=O)c1c(OC)c(-c2ccc(O)cc2)cc(OC)c1-c1ccc(OCc2ccccc2)cc1. The molecule has 4 aromatic rings. The molecule has 0 radical (unpaired) electrons. The van der Waals surface area contributed by atoms with E-state index >= 15 is 0 Å². The van der Waals surface area contributed by atoms with Crippen LogP contribution in [0.3, 0.4) is 0 Å². The second kappa shape index (κ2) is 10.7. The molecule has 178 valence electrons. The lowest BCUT2D eigenvalue weighted by Gasteiger charge is -2.20. The molecule has 0 aliphatic heterocycles. The number of ether oxygens (including phenoxy) is 4. The summed E-state index contributed by atoms with van der Waals surface area (Å²) in [5, 5.41) is 9.69. The van der Waals surface area contributed by atoms with Crippen LogP contribution in [-0.4, -0.2) is 32.4 Å². The molecule has 0 saturated carbocycles. The lowest BCUT2D eigenvalue weighted by atomic mass is 9.92. The van der Waals surface area contributed by atoms with Gasteiger partial charge in [-0.05, 0) is 47.0 Å². The number of esters is 1. The van der Waals surface area contributed by atoms with E-state index in [0.29, 0.717) is 35.0 Å². The molecule has 0 aromatic heterocycles. The number of phenolic OH excluding ortho intramolecular Hbond substituents is 1. The van der Waals surface area contributed by atoms with Crippen LogP contribution in [-0.2, 0) is 11.3 Å². The molecule has 4 aromatic carbocycles. The first-order chi connectivity index (χ1) is 17.0. The Morgan fingerprint density at radius 1 is 0.800 bits per heavy atom. The molecule has 35 heavy (non-hydrogen) atoms. The first-order valence-electron chi connectivity index (χ1n) is 11.0. The molecule has 0 aliphatic rings. The van der Waals surface area contributed by atoms with Crippen molar-refractivity contribution in [2.45, 2.75) is 6.61 Å². The molecule has 4 rings (SSSR count). The third-order valence-corrected chi connectivity index (χ3v) is 5.63. The average Bonchev–Trinajstić information content (AvgIpc) is 2.91. The van der Waals surface area contributed by atoms with Gasteiger partial charge in [0.2, 0.25) is 0 Å².